The number of hydrogen-bond acceptors (Lipinski definition) is 1. The Labute approximate surface area is 123 Å². The summed E-state index contributed by atoms with van der Waals surface area (Å²) in [6, 6.07) is 11.4. The van der Waals surface area contributed by atoms with Gasteiger partial charge in [-0.3, -0.25) is 0 Å². The fourth-order valence-corrected chi connectivity index (χ4v) is 3.25. The summed E-state index contributed by atoms with van der Waals surface area (Å²) in [6.07, 6.45) is 3.53. The van der Waals surface area contributed by atoms with Gasteiger partial charge in [0, 0.05) is 0 Å². The maximum absolute atomic E-state index is 13.7. The molecule has 0 spiro atoms. The fraction of sp³-hybridized carbons (Fsp3) is 0.294. The van der Waals surface area contributed by atoms with Crippen molar-refractivity contribution in [3.05, 3.63) is 69.5 Å². The zero-order valence-electron chi connectivity index (χ0n) is 11.4. The molecule has 0 amide bonds. The lowest BCUT2D eigenvalue weighted by molar-refractivity contribution is 0.617. The first-order valence-corrected chi connectivity index (χ1v) is 7.31. The Morgan fingerprint density at radius 1 is 1.15 bits per heavy atom. The van der Waals surface area contributed by atoms with Gasteiger partial charge in [-0.05, 0) is 54.6 Å². The second-order valence-electron chi connectivity index (χ2n) is 5.25. The van der Waals surface area contributed by atoms with Crippen LogP contribution in [0.4, 0.5) is 4.39 Å². The Hall–Kier alpha value is -1.38. The van der Waals surface area contributed by atoms with Gasteiger partial charge in [0.2, 0.25) is 0 Å². The standard InChI is InChI=1S/C17H17ClFN/c1-20-17(14-6-3-7-15(19)16(14)18)13-9-8-11-4-2-5-12(11)10-13/h3,6-10,17,20H,2,4-5H2,1H3. The van der Waals surface area contributed by atoms with Crippen molar-refractivity contribution in [1.29, 1.82) is 0 Å². The molecule has 0 saturated heterocycles. The molecule has 0 heterocycles. The summed E-state index contributed by atoms with van der Waals surface area (Å²) in [5, 5.41) is 3.44. The van der Waals surface area contributed by atoms with E-state index in [-0.39, 0.29) is 16.9 Å². The molecule has 104 valence electrons. The van der Waals surface area contributed by atoms with Crippen LogP contribution in [0.2, 0.25) is 5.02 Å². The minimum Gasteiger partial charge on any atom is -0.309 e. The Kier molecular flexibility index (Phi) is 3.77. The van der Waals surface area contributed by atoms with Gasteiger partial charge in [0.05, 0.1) is 11.1 Å². The van der Waals surface area contributed by atoms with Crippen LogP contribution in [0.25, 0.3) is 0 Å². The van der Waals surface area contributed by atoms with Gasteiger partial charge in [-0.25, -0.2) is 4.39 Å². The molecular formula is C17H17ClFN. The highest BCUT2D eigenvalue weighted by atomic mass is 35.5. The predicted octanol–water partition coefficient (Wildman–Crippen LogP) is 4.28. The Balaban J connectivity index is 2.03. The topological polar surface area (TPSA) is 12.0 Å². The van der Waals surface area contributed by atoms with E-state index in [1.165, 1.54) is 30.0 Å². The average molecular weight is 290 g/mol. The highest BCUT2D eigenvalue weighted by Crippen LogP contribution is 2.32. The van der Waals surface area contributed by atoms with Crippen LogP contribution in [0.3, 0.4) is 0 Å². The Bertz CT molecular complexity index is 639. The van der Waals surface area contributed by atoms with Crippen LogP contribution < -0.4 is 5.32 Å². The smallest absolute Gasteiger partial charge is 0.142 e. The van der Waals surface area contributed by atoms with Crippen LogP contribution in [0.15, 0.2) is 36.4 Å². The summed E-state index contributed by atoms with van der Waals surface area (Å²) in [4.78, 5) is 0. The molecular weight excluding hydrogens is 273 g/mol. The highest BCUT2D eigenvalue weighted by Gasteiger charge is 2.19. The van der Waals surface area contributed by atoms with Gasteiger partial charge in [-0.15, -0.1) is 0 Å². The number of rotatable bonds is 3. The molecule has 1 aliphatic rings. The second-order valence-corrected chi connectivity index (χ2v) is 5.62. The van der Waals surface area contributed by atoms with Gasteiger partial charge >= 0.3 is 0 Å². The molecule has 20 heavy (non-hydrogen) atoms. The van der Waals surface area contributed by atoms with Crippen LogP contribution in [0.1, 0.15) is 34.7 Å². The van der Waals surface area contributed by atoms with Gasteiger partial charge in [-0.1, -0.05) is 41.9 Å². The normalized spacial score (nSPS) is 15.2. The summed E-state index contributed by atoms with van der Waals surface area (Å²) in [6.45, 7) is 0. The number of aryl methyl sites for hydroxylation is 2. The number of halogens is 2. The van der Waals surface area contributed by atoms with Gasteiger partial charge in [0.25, 0.3) is 0 Å². The van der Waals surface area contributed by atoms with Crippen molar-refractivity contribution in [2.45, 2.75) is 25.3 Å². The minimum atomic E-state index is -0.370. The van der Waals surface area contributed by atoms with Crippen molar-refractivity contribution in [1.82, 2.24) is 5.32 Å². The first-order chi connectivity index (χ1) is 9.70. The van der Waals surface area contributed by atoms with E-state index >= 15 is 0 Å². The molecule has 0 saturated carbocycles. The zero-order chi connectivity index (χ0) is 14.1. The maximum atomic E-state index is 13.7. The largest absolute Gasteiger partial charge is 0.309 e. The lowest BCUT2D eigenvalue weighted by Gasteiger charge is -2.19. The van der Waals surface area contributed by atoms with Gasteiger partial charge < -0.3 is 5.32 Å². The molecule has 1 unspecified atom stereocenters. The maximum Gasteiger partial charge on any atom is 0.142 e. The summed E-state index contributed by atoms with van der Waals surface area (Å²) in [7, 11) is 1.87. The van der Waals surface area contributed by atoms with Gasteiger partial charge in [-0.2, -0.15) is 0 Å². The number of hydrogen-bond donors (Lipinski definition) is 1. The van der Waals surface area contributed by atoms with Crippen molar-refractivity contribution in [3.63, 3.8) is 0 Å². The molecule has 3 rings (SSSR count). The molecule has 1 atom stereocenters. The molecule has 1 aliphatic carbocycles. The third-order valence-electron chi connectivity index (χ3n) is 4.04. The van der Waals surface area contributed by atoms with Crippen molar-refractivity contribution in [2.75, 3.05) is 7.05 Å². The molecule has 3 heteroatoms. The SMILES string of the molecule is CNC(c1ccc2c(c1)CCC2)c1cccc(F)c1Cl. The third-order valence-corrected chi connectivity index (χ3v) is 4.44. The van der Waals surface area contributed by atoms with Crippen LogP contribution in [-0.2, 0) is 12.8 Å². The van der Waals surface area contributed by atoms with E-state index < -0.39 is 0 Å². The average Bonchev–Trinajstić information content (AvgIpc) is 2.92. The minimum absolute atomic E-state index is 0.0795. The summed E-state index contributed by atoms with van der Waals surface area (Å²) >= 11 is 6.12. The monoisotopic (exact) mass is 289 g/mol. The lowest BCUT2D eigenvalue weighted by atomic mass is 9.95. The summed E-state index contributed by atoms with van der Waals surface area (Å²) in [5.41, 5.74) is 4.77. The number of fused-ring (bicyclic) bond motifs is 1. The van der Waals surface area contributed by atoms with E-state index in [9.17, 15) is 4.39 Å². The van der Waals surface area contributed by atoms with Crippen LogP contribution in [0, 0.1) is 5.82 Å². The summed E-state index contributed by atoms with van der Waals surface area (Å²) in [5.74, 6) is -0.370. The fourth-order valence-electron chi connectivity index (χ4n) is 3.02. The first-order valence-electron chi connectivity index (χ1n) is 6.93. The van der Waals surface area contributed by atoms with Crippen molar-refractivity contribution in [2.24, 2.45) is 0 Å². The van der Waals surface area contributed by atoms with E-state index in [1.54, 1.807) is 6.07 Å². The Morgan fingerprint density at radius 3 is 2.75 bits per heavy atom. The van der Waals surface area contributed by atoms with Crippen LogP contribution in [0.5, 0.6) is 0 Å². The molecule has 0 bridgehead atoms. The zero-order valence-corrected chi connectivity index (χ0v) is 12.2. The quantitative estimate of drug-likeness (QED) is 0.889. The van der Waals surface area contributed by atoms with E-state index in [0.29, 0.717) is 0 Å². The molecule has 0 aliphatic heterocycles. The number of benzene rings is 2. The first kappa shape index (κ1) is 13.6. The van der Waals surface area contributed by atoms with Gasteiger partial charge in [0.15, 0.2) is 0 Å². The molecule has 2 aromatic rings. The van der Waals surface area contributed by atoms with Crippen molar-refractivity contribution in [3.8, 4) is 0 Å². The van der Waals surface area contributed by atoms with E-state index in [2.05, 4.69) is 23.5 Å². The van der Waals surface area contributed by atoms with Crippen LogP contribution >= 0.6 is 11.6 Å². The third kappa shape index (κ3) is 2.34. The lowest BCUT2D eigenvalue weighted by Crippen LogP contribution is -2.18. The Morgan fingerprint density at radius 2 is 1.95 bits per heavy atom. The van der Waals surface area contributed by atoms with Gasteiger partial charge in [0.1, 0.15) is 5.82 Å². The number of nitrogens with one attached hydrogen (secondary N) is 1. The van der Waals surface area contributed by atoms with E-state index in [4.69, 9.17) is 11.6 Å². The van der Waals surface area contributed by atoms with E-state index in [0.717, 1.165) is 17.5 Å². The van der Waals surface area contributed by atoms with Crippen molar-refractivity contribution >= 4 is 11.6 Å². The molecule has 0 radical (unpaired) electrons. The predicted molar refractivity (Wildman–Crippen MR) is 80.8 cm³/mol. The second kappa shape index (κ2) is 5.55. The molecule has 0 fully saturated rings. The molecule has 1 nitrogen and oxygen atoms in total. The van der Waals surface area contributed by atoms with E-state index in [1.807, 2.05) is 13.1 Å². The summed E-state index contributed by atoms with van der Waals surface area (Å²) < 4.78 is 13.7. The van der Waals surface area contributed by atoms with Crippen LogP contribution in [-0.4, -0.2) is 7.05 Å². The molecule has 1 N–H and O–H groups in total. The van der Waals surface area contributed by atoms with Crippen molar-refractivity contribution < 1.29 is 4.39 Å². The highest BCUT2D eigenvalue weighted by molar-refractivity contribution is 6.31. The molecule has 0 aromatic heterocycles. The molecule has 2 aromatic carbocycles.